The van der Waals surface area contributed by atoms with Crippen molar-refractivity contribution in [2.45, 2.75) is 45.3 Å². The van der Waals surface area contributed by atoms with Gasteiger partial charge in [0.1, 0.15) is 0 Å². The largest absolute Gasteiger partial charge is 0.388 e. The van der Waals surface area contributed by atoms with Crippen molar-refractivity contribution >= 4 is 0 Å². The molecule has 0 aromatic heterocycles. The molecule has 12 heavy (non-hydrogen) atoms. The van der Waals surface area contributed by atoms with Gasteiger partial charge >= 0.3 is 0 Å². The number of hydrogen-bond donors (Lipinski definition) is 2. The van der Waals surface area contributed by atoms with Crippen molar-refractivity contribution < 1.29 is 5.11 Å². The molecule has 0 radical (unpaired) electrons. The molecule has 0 heterocycles. The second-order valence-corrected chi connectivity index (χ2v) is 5.37. The van der Waals surface area contributed by atoms with Gasteiger partial charge in [-0.2, -0.15) is 0 Å². The normalized spacial score (nSPS) is 56.2. The molecule has 0 aromatic carbocycles. The Kier molecular flexibility index (Phi) is 1.45. The Morgan fingerprint density at radius 3 is 2.17 bits per heavy atom. The van der Waals surface area contributed by atoms with Crippen LogP contribution in [-0.4, -0.2) is 16.7 Å². The van der Waals surface area contributed by atoms with Crippen LogP contribution >= 0.6 is 0 Å². The van der Waals surface area contributed by atoms with Crippen molar-refractivity contribution in [2.75, 3.05) is 0 Å². The van der Waals surface area contributed by atoms with Crippen LogP contribution < -0.4 is 5.73 Å². The summed E-state index contributed by atoms with van der Waals surface area (Å²) in [5.41, 5.74) is 5.60. The summed E-state index contributed by atoms with van der Waals surface area (Å²) < 4.78 is 0. The minimum Gasteiger partial charge on any atom is -0.388 e. The molecule has 2 heteroatoms. The lowest BCUT2D eigenvalue weighted by Crippen LogP contribution is -2.68. The van der Waals surface area contributed by atoms with Crippen molar-refractivity contribution in [3.63, 3.8) is 0 Å². The topological polar surface area (TPSA) is 46.2 Å². The highest BCUT2D eigenvalue weighted by Crippen LogP contribution is 2.62. The highest BCUT2D eigenvalue weighted by molar-refractivity contribution is 5.13. The van der Waals surface area contributed by atoms with Gasteiger partial charge in [-0.15, -0.1) is 0 Å². The summed E-state index contributed by atoms with van der Waals surface area (Å²) in [6.07, 6.45) is 2.17. The third kappa shape index (κ3) is 0.775. The molecule has 3 saturated carbocycles. The van der Waals surface area contributed by atoms with Crippen molar-refractivity contribution in [3.8, 4) is 0 Å². The van der Waals surface area contributed by atoms with Gasteiger partial charge in [0.15, 0.2) is 0 Å². The van der Waals surface area contributed by atoms with E-state index in [2.05, 4.69) is 13.8 Å². The Bertz CT molecular complexity index is 210. The lowest BCUT2D eigenvalue weighted by molar-refractivity contribution is -0.202. The van der Waals surface area contributed by atoms with E-state index in [1.54, 1.807) is 0 Å². The standard InChI is InChI=1S/C10H19NO/c1-9(2)6-4-7(9)10(3,12)8(11)5-6/h6-8,12H,4-5,11H2,1-3H3/t6?,7?,8?,10-/m1/s1. The van der Waals surface area contributed by atoms with E-state index in [0.29, 0.717) is 11.3 Å². The SMILES string of the molecule is CC1(C)C2CC(N)[C@](C)(O)C1C2. The average Bonchev–Trinajstić information content (AvgIpc) is 1.93. The van der Waals surface area contributed by atoms with Gasteiger partial charge in [0, 0.05) is 6.04 Å². The predicted molar refractivity (Wildman–Crippen MR) is 48.6 cm³/mol. The van der Waals surface area contributed by atoms with E-state index in [4.69, 9.17) is 5.73 Å². The summed E-state index contributed by atoms with van der Waals surface area (Å²) >= 11 is 0. The minimum absolute atomic E-state index is 0.00530. The monoisotopic (exact) mass is 169 g/mol. The van der Waals surface area contributed by atoms with Gasteiger partial charge in [-0.25, -0.2) is 0 Å². The van der Waals surface area contributed by atoms with Crippen LogP contribution in [0.2, 0.25) is 0 Å². The molecule has 4 atom stereocenters. The molecule has 0 saturated heterocycles. The smallest absolute Gasteiger partial charge is 0.0803 e. The first-order valence-corrected chi connectivity index (χ1v) is 4.84. The highest BCUT2D eigenvalue weighted by atomic mass is 16.3. The Balaban J connectivity index is 2.27. The Labute approximate surface area is 74.1 Å². The quantitative estimate of drug-likeness (QED) is 0.571. The van der Waals surface area contributed by atoms with Gasteiger partial charge in [-0.3, -0.25) is 0 Å². The van der Waals surface area contributed by atoms with Crippen LogP contribution in [0.25, 0.3) is 0 Å². The van der Waals surface area contributed by atoms with Crippen LogP contribution in [0.15, 0.2) is 0 Å². The predicted octanol–water partition coefficient (Wildman–Crippen LogP) is 1.13. The maximum atomic E-state index is 10.2. The van der Waals surface area contributed by atoms with E-state index in [0.717, 1.165) is 12.3 Å². The number of rotatable bonds is 0. The Morgan fingerprint density at radius 2 is 1.83 bits per heavy atom. The molecule has 3 aliphatic carbocycles. The van der Waals surface area contributed by atoms with Gasteiger partial charge in [0.25, 0.3) is 0 Å². The summed E-state index contributed by atoms with van der Waals surface area (Å²) in [6.45, 7) is 6.41. The molecule has 3 aliphatic rings. The van der Waals surface area contributed by atoms with Crippen molar-refractivity contribution in [2.24, 2.45) is 23.0 Å². The minimum atomic E-state index is -0.627. The second-order valence-electron chi connectivity index (χ2n) is 5.37. The molecule has 3 fully saturated rings. The fourth-order valence-corrected chi connectivity index (χ4v) is 3.21. The molecule has 2 nitrogen and oxygen atoms in total. The molecule has 2 bridgehead atoms. The van der Waals surface area contributed by atoms with E-state index >= 15 is 0 Å². The molecule has 0 aliphatic heterocycles. The zero-order chi connectivity index (χ0) is 9.15. The lowest BCUT2D eigenvalue weighted by atomic mass is 9.43. The zero-order valence-electron chi connectivity index (χ0n) is 8.17. The van der Waals surface area contributed by atoms with Gasteiger partial charge < -0.3 is 10.8 Å². The molecule has 0 aromatic rings. The maximum absolute atomic E-state index is 10.2. The van der Waals surface area contributed by atoms with Crippen LogP contribution in [-0.2, 0) is 0 Å². The summed E-state index contributed by atoms with van der Waals surface area (Å²) in [6, 6.07) is -0.00530. The van der Waals surface area contributed by atoms with Gasteiger partial charge in [-0.05, 0) is 37.0 Å². The third-order valence-electron chi connectivity index (χ3n) is 4.47. The summed E-state index contributed by atoms with van der Waals surface area (Å²) in [7, 11) is 0. The van der Waals surface area contributed by atoms with Crippen LogP contribution in [0.4, 0.5) is 0 Å². The second kappa shape index (κ2) is 2.05. The van der Waals surface area contributed by atoms with Gasteiger partial charge in [0.2, 0.25) is 0 Å². The molecular formula is C10H19NO. The first-order chi connectivity index (χ1) is 5.37. The van der Waals surface area contributed by atoms with Crippen molar-refractivity contribution in [1.29, 1.82) is 0 Å². The van der Waals surface area contributed by atoms with Crippen LogP contribution in [0.1, 0.15) is 33.6 Å². The first kappa shape index (κ1) is 8.52. The number of fused-ring (bicyclic) bond motifs is 2. The van der Waals surface area contributed by atoms with E-state index in [9.17, 15) is 5.11 Å². The molecule has 0 spiro atoms. The van der Waals surface area contributed by atoms with Crippen LogP contribution in [0, 0.1) is 17.3 Å². The fourth-order valence-electron chi connectivity index (χ4n) is 3.21. The number of hydrogen-bond acceptors (Lipinski definition) is 2. The summed E-state index contributed by atoms with van der Waals surface area (Å²) in [4.78, 5) is 0. The first-order valence-electron chi connectivity index (χ1n) is 4.84. The Hall–Kier alpha value is -0.0800. The third-order valence-corrected chi connectivity index (χ3v) is 4.47. The van der Waals surface area contributed by atoms with E-state index in [1.165, 1.54) is 6.42 Å². The maximum Gasteiger partial charge on any atom is 0.0803 e. The van der Waals surface area contributed by atoms with Crippen molar-refractivity contribution in [3.05, 3.63) is 0 Å². The van der Waals surface area contributed by atoms with Gasteiger partial charge in [-0.1, -0.05) is 13.8 Å². The van der Waals surface area contributed by atoms with E-state index < -0.39 is 5.60 Å². The highest BCUT2D eigenvalue weighted by Gasteiger charge is 2.61. The molecule has 70 valence electrons. The van der Waals surface area contributed by atoms with Crippen molar-refractivity contribution in [1.82, 2.24) is 0 Å². The van der Waals surface area contributed by atoms with Crippen LogP contribution in [0.3, 0.4) is 0 Å². The fraction of sp³-hybridized carbons (Fsp3) is 1.00. The van der Waals surface area contributed by atoms with E-state index in [-0.39, 0.29) is 6.04 Å². The van der Waals surface area contributed by atoms with Crippen LogP contribution in [0.5, 0.6) is 0 Å². The van der Waals surface area contributed by atoms with Gasteiger partial charge in [0.05, 0.1) is 5.60 Å². The van der Waals surface area contributed by atoms with E-state index in [1.807, 2.05) is 6.92 Å². The molecule has 3 N–H and O–H groups in total. The zero-order valence-corrected chi connectivity index (χ0v) is 8.17. The lowest BCUT2D eigenvalue weighted by Gasteiger charge is -2.64. The average molecular weight is 169 g/mol. The summed E-state index contributed by atoms with van der Waals surface area (Å²) in [5, 5.41) is 10.2. The number of aliphatic hydroxyl groups is 1. The molecule has 0 amide bonds. The Morgan fingerprint density at radius 1 is 1.25 bits per heavy atom. The molecule has 3 unspecified atom stereocenters. The number of nitrogens with two attached hydrogens (primary N) is 1. The summed E-state index contributed by atoms with van der Waals surface area (Å²) in [5.74, 6) is 1.16. The molecular weight excluding hydrogens is 150 g/mol. The molecule has 3 rings (SSSR count).